The number of halogens is 2. The first kappa shape index (κ1) is 13.7. The molecule has 0 unspecified atom stereocenters. The van der Waals surface area contributed by atoms with Crippen molar-refractivity contribution in [1.82, 2.24) is 14.9 Å². The maximum absolute atomic E-state index is 6.12. The molecule has 3 nitrogen and oxygen atoms in total. The number of aryl methyl sites for hydroxylation is 1. The monoisotopic (exact) mass is 301 g/mol. The molecule has 0 aliphatic rings. The number of hydrogen-bond donors (Lipinski definition) is 0. The Morgan fingerprint density at radius 2 is 2.11 bits per heavy atom. The van der Waals surface area contributed by atoms with E-state index in [4.69, 9.17) is 23.2 Å². The second-order valence-corrected chi connectivity index (χ2v) is 5.99. The zero-order chi connectivity index (χ0) is 13.1. The standard InChI is InChI=1S/C12H13Cl2N3S/c1-8-16-10(7-18-8)6-17(2)5-9-4-15-12(14)3-11(9)13/h3-4,7H,5-6H2,1-2H3. The lowest BCUT2D eigenvalue weighted by molar-refractivity contribution is 0.315. The highest BCUT2D eigenvalue weighted by atomic mass is 35.5. The molecule has 0 aliphatic carbocycles. The van der Waals surface area contributed by atoms with E-state index in [1.165, 1.54) is 0 Å². The van der Waals surface area contributed by atoms with Gasteiger partial charge in [-0.25, -0.2) is 9.97 Å². The topological polar surface area (TPSA) is 29.0 Å². The lowest BCUT2D eigenvalue weighted by Crippen LogP contribution is -2.17. The van der Waals surface area contributed by atoms with E-state index in [0.29, 0.717) is 10.2 Å². The Hall–Kier alpha value is -0.680. The third-order valence-electron chi connectivity index (χ3n) is 2.44. The summed E-state index contributed by atoms with van der Waals surface area (Å²) < 4.78 is 0. The molecule has 0 spiro atoms. The van der Waals surface area contributed by atoms with Crippen molar-refractivity contribution in [1.29, 1.82) is 0 Å². The summed E-state index contributed by atoms with van der Waals surface area (Å²) in [6.45, 7) is 3.52. The fourth-order valence-corrected chi connectivity index (χ4v) is 2.69. The van der Waals surface area contributed by atoms with Crippen LogP contribution in [0.15, 0.2) is 17.6 Å². The molecule has 0 atom stereocenters. The molecule has 2 rings (SSSR count). The van der Waals surface area contributed by atoms with Gasteiger partial charge in [0, 0.05) is 35.3 Å². The van der Waals surface area contributed by atoms with Crippen LogP contribution in [-0.4, -0.2) is 21.9 Å². The molecule has 2 aromatic heterocycles. The number of aromatic nitrogens is 2. The predicted octanol–water partition coefficient (Wildman–Crippen LogP) is 3.79. The van der Waals surface area contributed by atoms with Gasteiger partial charge in [-0.1, -0.05) is 23.2 Å². The second-order valence-electron chi connectivity index (χ2n) is 4.13. The predicted molar refractivity (Wildman–Crippen MR) is 76.3 cm³/mol. The zero-order valence-electron chi connectivity index (χ0n) is 10.2. The van der Waals surface area contributed by atoms with Crippen molar-refractivity contribution in [2.24, 2.45) is 0 Å². The minimum Gasteiger partial charge on any atom is -0.296 e. The van der Waals surface area contributed by atoms with Gasteiger partial charge in [-0.05, 0) is 20.0 Å². The van der Waals surface area contributed by atoms with Gasteiger partial charge in [-0.3, -0.25) is 4.90 Å². The first-order valence-corrected chi connectivity index (χ1v) is 7.07. The number of thiazole rings is 1. The summed E-state index contributed by atoms with van der Waals surface area (Å²) in [5, 5.41) is 4.23. The fraction of sp³-hybridized carbons (Fsp3) is 0.333. The molecular formula is C12H13Cl2N3S. The largest absolute Gasteiger partial charge is 0.296 e. The van der Waals surface area contributed by atoms with Gasteiger partial charge < -0.3 is 0 Å². The third kappa shape index (κ3) is 3.65. The maximum Gasteiger partial charge on any atom is 0.130 e. The summed E-state index contributed by atoms with van der Waals surface area (Å²) >= 11 is 13.5. The highest BCUT2D eigenvalue weighted by Crippen LogP contribution is 2.20. The van der Waals surface area contributed by atoms with Crippen molar-refractivity contribution in [2.45, 2.75) is 20.0 Å². The van der Waals surface area contributed by atoms with Crippen LogP contribution in [-0.2, 0) is 13.1 Å². The Balaban J connectivity index is 2.00. The van der Waals surface area contributed by atoms with Gasteiger partial charge in [-0.15, -0.1) is 11.3 Å². The van der Waals surface area contributed by atoms with Crippen molar-refractivity contribution < 1.29 is 0 Å². The molecule has 0 radical (unpaired) electrons. The molecule has 2 heterocycles. The molecule has 0 saturated carbocycles. The Bertz CT molecular complexity index is 542. The van der Waals surface area contributed by atoms with E-state index in [0.717, 1.165) is 29.4 Å². The van der Waals surface area contributed by atoms with Crippen molar-refractivity contribution in [3.8, 4) is 0 Å². The maximum atomic E-state index is 6.12. The minimum atomic E-state index is 0.418. The highest BCUT2D eigenvalue weighted by molar-refractivity contribution is 7.09. The summed E-state index contributed by atoms with van der Waals surface area (Å²) in [4.78, 5) is 10.6. The van der Waals surface area contributed by atoms with Gasteiger partial charge in [0.1, 0.15) is 5.15 Å². The van der Waals surface area contributed by atoms with Crippen LogP contribution < -0.4 is 0 Å². The highest BCUT2D eigenvalue weighted by Gasteiger charge is 2.08. The van der Waals surface area contributed by atoms with Gasteiger partial charge in [0.15, 0.2) is 0 Å². The molecule has 0 saturated heterocycles. The van der Waals surface area contributed by atoms with Crippen molar-refractivity contribution in [3.05, 3.63) is 44.1 Å². The average Bonchev–Trinajstić information content (AvgIpc) is 2.68. The third-order valence-corrected chi connectivity index (χ3v) is 3.82. The molecule has 0 fully saturated rings. The summed E-state index contributed by atoms with van der Waals surface area (Å²) in [5.41, 5.74) is 2.05. The van der Waals surface area contributed by atoms with Gasteiger partial charge in [0.25, 0.3) is 0 Å². The molecule has 0 amide bonds. The lowest BCUT2D eigenvalue weighted by atomic mass is 10.2. The summed E-state index contributed by atoms with van der Waals surface area (Å²) in [7, 11) is 2.03. The SMILES string of the molecule is Cc1nc(CN(C)Cc2cnc(Cl)cc2Cl)cs1. The minimum absolute atomic E-state index is 0.418. The molecule has 0 aromatic carbocycles. The van der Waals surface area contributed by atoms with E-state index in [1.54, 1.807) is 23.6 Å². The van der Waals surface area contributed by atoms with Crippen molar-refractivity contribution in [3.63, 3.8) is 0 Å². The van der Waals surface area contributed by atoms with E-state index in [1.807, 2.05) is 14.0 Å². The average molecular weight is 302 g/mol. The smallest absolute Gasteiger partial charge is 0.130 e. The van der Waals surface area contributed by atoms with Crippen LogP contribution in [0.1, 0.15) is 16.3 Å². The Morgan fingerprint density at radius 3 is 2.72 bits per heavy atom. The Labute approximate surface area is 120 Å². The summed E-state index contributed by atoms with van der Waals surface area (Å²) in [5.74, 6) is 0. The fourth-order valence-electron chi connectivity index (χ4n) is 1.66. The second kappa shape index (κ2) is 5.97. The van der Waals surface area contributed by atoms with Crippen LogP contribution in [0, 0.1) is 6.92 Å². The van der Waals surface area contributed by atoms with Crippen LogP contribution in [0.5, 0.6) is 0 Å². The van der Waals surface area contributed by atoms with Gasteiger partial charge in [0.05, 0.1) is 10.7 Å². The molecule has 2 aromatic rings. The number of nitrogens with zero attached hydrogens (tertiary/aromatic N) is 3. The van der Waals surface area contributed by atoms with Gasteiger partial charge in [0.2, 0.25) is 0 Å². The van der Waals surface area contributed by atoms with Crippen LogP contribution in [0.25, 0.3) is 0 Å². The number of pyridine rings is 1. The quantitative estimate of drug-likeness (QED) is 0.805. The van der Waals surface area contributed by atoms with Gasteiger partial charge in [-0.2, -0.15) is 0 Å². The molecule has 0 bridgehead atoms. The van der Waals surface area contributed by atoms with Crippen LogP contribution >= 0.6 is 34.5 Å². The van der Waals surface area contributed by atoms with E-state index in [-0.39, 0.29) is 0 Å². The van der Waals surface area contributed by atoms with E-state index in [2.05, 4.69) is 20.2 Å². The molecule has 0 N–H and O–H groups in total. The normalized spacial score (nSPS) is 11.2. The van der Waals surface area contributed by atoms with E-state index in [9.17, 15) is 0 Å². The van der Waals surface area contributed by atoms with Crippen LogP contribution in [0.4, 0.5) is 0 Å². The molecule has 18 heavy (non-hydrogen) atoms. The molecular weight excluding hydrogens is 289 g/mol. The Morgan fingerprint density at radius 1 is 1.33 bits per heavy atom. The molecule has 96 valence electrons. The number of hydrogen-bond acceptors (Lipinski definition) is 4. The van der Waals surface area contributed by atoms with Crippen LogP contribution in [0.2, 0.25) is 10.2 Å². The number of rotatable bonds is 4. The van der Waals surface area contributed by atoms with E-state index < -0.39 is 0 Å². The van der Waals surface area contributed by atoms with Gasteiger partial charge >= 0.3 is 0 Å². The van der Waals surface area contributed by atoms with Crippen LogP contribution in [0.3, 0.4) is 0 Å². The molecule has 6 heteroatoms. The summed E-state index contributed by atoms with van der Waals surface area (Å²) in [6.07, 6.45) is 1.72. The first-order chi connectivity index (χ1) is 8.54. The molecule has 0 aliphatic heterocycles. The summed E-state index contributed by atoms with van der Waals surface area (Å²) in [6, 6.07) is 1.67. The van der Waals surface area contributed by atoms with E-state index >= 15 is 0 Å². The lowest BCUT2D eigenvalue weighted by Gasteiger charge is -2.16. The van der Waals surface area contributed by atoms with Crippen molar-refractivity contribution in [2.75, 3.05) is 7.05 Å². The first-order valence-electron chi connectivity index (χ1n) is 5.44. The van der Waals surface area contributed by atoms with Crippen molar-refractivity contribution >= 4 is 34.5 Å². The zero-order valence-corrected chi connectivity index (χ0v) is 12.5. The Kier molecular flexibility index (Phi) is 4.56.